The van der Waals surface area contributed by atoms with Crippen LogP contribution in [0.1, 0.15) is 5.56 Å². The summed E-state index contributed by atoms with van der Waals surface area (Å²) in [7, 11) is 2.42. The molecule has 0 aromatic heterocycles. The summed E-state index contributed by atoms with van der Waals surface area (Å²) in [5.74, 6) is -0.831. The van der Waals surface area contributed by atoms with Gasteiger partial charge in [0.1, 0.15) is 0 Å². The Morgan fingerprint density at radius 2 is 1.58 bits per heavy atom. The molecule has 0 fully saturated rings. The fourth-order valence-corrected chi connectivity index (χ4v) is 2.18. The molecule has 0 aliphatic carbocycles. The van der Waals surface area contributed by atoms with Crippen LogP contribution in [0.25, 0.3) is 5.53 Å². The molecule has 0 spiro atoms. The number of nitrogens with zero attached hydrogens (tertiary/aromatic N) is 3. The average molecular weight is 325 g/mol. The number of hydrogen-bond donors (Lipinski definition) is 0. The molecule has 7 heteroatoms. The van der Waals surface area contributed by atoms with Crippen LogP contribution in [0.4, 0.5) is 16.2 Å². The monoisotopic (exact) mass is 325 g/mol. The fourth-order valence-electron chi connectivity index (χ4n) is 2.18. The van der Waals surface area contributed by atoms with E-state index >= 15 is 0 Å². The minimum Gasteiger partial charge on any atom is -0.460 e. The SMILES string of the molecule is COC(=O)C(=[N+]=[N-])c1ccccc1N(C(=O)OC)c1ccccc1. The summed E-state index contributed by atoms with van der Waals surface area (Å²) < 4.78 is 9.47. The number of para-hydroxylation sites is 2. The molecule has 0 aliphatic heterocycles. The second-order valence-electron chi connectivity index (χ2n) is 4.60. The molecule has 0 unspecified atom stereocenters. The molecule has 0 atom stereocenters. The first-order valence-corrected chi connectivity index (χ1v) is 6.97. The Kier molecular flexibility index (Phi) is 5.44. The molecule has 2 rings (SSSR count). The predicted molar refractivity (Wildman–Crippen MR) is 87.2 cm³/mol. The third-order valence-electron chi connectivity index (χ3n) is 3.25. The molecule has 1 amide bonds. The average Bonchev–Trinajstić information content (AvgIpc) is 2.64. The first kappa shape index (κ1) is 16.9. The number of ether oxygens (including phenoxy) is 2. The summed E-state index contributed by atoms with van der Waals surface area (Å²) in [5, 5.41) is 0. The number of carbonyl (C=O) groups excluding carboxylic acids is 2. The van der Waals surface area contributed by atoms with Gasteiger partial charge in [0.05, 0.1) is 31.2 Å². The quantitative estimate of drug-likeness (QED) is 0.374. The van der Waals surface area contributed by atoms with Crippen molar-refractivity contribution in [3.05, 3.63) is 65.7 Å². The molecule has 0 radical (unpaired) electrons. The molecule has 0 bridgehead atoms. The molecule has 7 nitrogen and oxygen atoms in total. The van der Waals surface area contributed by atoms with E-state index in [4.69, 9.17) is 4.74 Å². The third-order valence-corrected chi connectivity index (χ3v) is 3.25. The molecule has 2 aromatic rings. The van der Waals surface area contributed by atoms with Crippen molar-refractivity contribution in [2.75, 3.05) is 19.1 Å². The number of benzene rings is 2. The molecule has 0 saturated heterocycles. The van der Waals surface area contributed by atoms with Crippen LogP contribution in [0.15, 0.2) is 54.6 Å². The van der Waals surface area contributed by atoms with Crippen LogP contribution in [-0.4, -0.2) is 36.8 Å². The molecule has 0 heterocycles. The molecule has 2 aromatic carbocycles. The lowest BCUT2D eigenvalue weighted by Gasteiger charge is -2.22. The second-order valence-corrected chi connectivity index (χ2v) is 4.60. The normalized spacial score (nSPS) is 9.58. The smallest absolute Gasteiger partial charge is 0.422 e. The van der Waals surface area contributed by atoms with E-state index in [0.29, 0.717) is 11.4 Å². The summed E-state index contributed by atoms with van der Waals surface area (Å²) in [6.45, 7) is 0. The highest BCUT2D eigenvalue weighted by atomic mass is 16.5. The summed E-state index contributed by atoms with van der Waals surface area (Å²) in [6.07, 6.45) is -0.657. The Bertz CT molecular complexity index is 798. The van der Waals surface area contributed by atoms with Gasteiger partial charge in [-0.2, -0.15) is 4.79 Å². The number of methoxy groups -OCH3 is 2. The van der Waals surface area contributed by atoms with Gasteiger partial charge in [0, 0.05) is 0 Å². The zero-order valence-corrected chi connectivity index (χ0v) is 13.2. The molecule has 0 saturated carbocycles. The van der Waals surface area contributed by atoms with Crippen molar-refractivity contribution in [3.8, 4) is 0 Å². The minimum atomic E-state index is -0.831. The zero-order chi connectivity index (χ0) is 17.5. The lowest BCUT2D eigenvalue weighted by Crippen LogP contribution is -2.29. The van der Waals surface area contributed by atoms with Crippen LogP contribution in [0.5, 0.6) is 0 Å². The van der Waals surface area contributed by atoms with Gasteiger partial charge in [0.2, 0.25) is 0 Å². The third kappa shape index (κ3) is 3.31. The molecule has 0 N–H and O–H groups in total. The van der Waals surface area contributed by atoms with E-state index in [1.165, 1.54) is 19.1 Å². The Labute approximate surface area is 138 Å². The van der Waals surface area contributed by atoms with Crippen LogP contribution in [0.3, 0.4) is 0 Å². The first-order valence-electron chi connectivity index (χ1n) is 6.97. The number of carbonyl (C=O) groups is 2. The number of rotatable bonds is 4. The van der Waals surface area contributed by atoms with Crippen LogP contribution < -0.4 is 4.90 Å². The van der Waals surface area contributed by atoms with Gasteiger partial charge < -0.3 is 15.0 Å². The summed E-state index contributed by atoms with van der Waals surface area (Å²) >= 11 is 0. The maximum atomic E-state index is 12.3. The van der Waals surface area contributed by atoms with Gasteiger partial charge in [-0.3, -0.25) is 0 Å². The van der Waals surface area contributed by atoms with Crippen LogP contribution in [0, 0.1) is 0 Å². The minimum absolute atomic E-state index is 0.223. The van der Waals surface area contributed by atoms with Crippen molar-refractivity contribution in [1.29, 1.82) is 0 Å². The Morgan fingerprint density at radius 1 is 0.958 bits per heavy atom. The van der Waals surface area contributed by atoms with Crippen LogP contribution in [-0.2, 0) is 14.3 Å². The van der Waals surface area contributed by atoms with Gasteiger partial charge in [-0.1, -0.05) is 30.3 Å². The van der Waals surface area contributed by atoms with Gasteiger partial charge in [-0.15, -0.1) is 0 Å². The highest BCUT2D eigenvalue weighted by Gasteiger charge is 2.31. The highest BCUT2D eigenvalue weighted by molar-refractivity contribution is 6.42. The Morgan fingerprint density at radius 3 is 2.17 bits per heavy atom. The fraction of sp³-hybridized carbons (Fsp3) is 0.118. The van der Waals surface area contributed by atoms with E-state index in [1.807, 2.05) is 0 Å². The van der Waals surface area contributed by atoms with Crippen molar-refractivity contribution in [2.45, 2.75) is 0 Å². The maximum absolute atomic E-state index is 12.3. The zero-order valence-electron chi connectivity index (χ0n) is 13.2. The van der Waals surface area contributed by atoms with Gasteiger partial charge in [0.25, 0.3) is 0 Å². The molecular weight excluding hydrogens is 310 g/mol. The van der Waals surface area contributed by atoms with Crippen molar-refractivity contribution in [3.63, 3.8) is 0 Å². The lowest BCUT2D eigenvalue weighted by atomic mass is 10.1. The summed E-state index contributed by atoms with van der Waals surface area (Å²) in [6, 6.07) is 15.2. The Balaban J connectivity index is 2.66. The topological polar surface area (TPSA) is 92.2 Å². The van der Waals surface area contributed by atoms with Gasteiger partial charge >= 0.3 is 17.8 Å². The van der Waals surface area contributed by atoms with Crippen LogP contribution >= 0.6 is 0 Å². The van der Waals surface area contributed by atoms with E-state index in [9.17, 15) is 15.1 Å². The highest BCUT2D eigenvalue weighted by Crippen LogP contribution is 2.29. The number of hydrogen-bond acceptors (Lipinski definition) is 4. The standard InChI is InChI=1S/C17H15N3O4/c1-23-16(21)15(19-18)13-10-6-7-11-14(13)20(17(22)24-2)12-8-4-3-5-9-12/h3-11H,1-2H3. The number of esters is 1. The number of anilines is 2. The van der Waals surface area contributed by atoms with E-state index in [1.54, 1.807) is 54.6 Å². The van der Waals surface area contributed by atoms with E-state index in [-0.39, 0.29) is 11.3 Å². The van der Waals surface area contributed by atoms with Crippen molar-refractivity contribution in [2.24, 2.45) is 0 Å². The van der Waals surface area contributed by atoms with Gasteiger partial charge in [-0.25, -0.2) is 14.5 Å². The predicted octanol–water partition coefficient (Wildman–Crippen LogP) is 2.78. The van der Waals surface area contributed by atoms with Crippen LogP contribution in [0.2, 0.25) is 0 Å². The van der Waals surface area contributed by atoms with E-state index in [2.05, 4.69) is 9.53 Å². The summed E-state index contributed by atoms with van der Waals surface area (Å²) in [4.78, 5) is 28.4. The van der Waals surface area contributed by atoms with Crippen molar-refractivity contribution in [1.82, 2.24) is 0 Å². The molecule has 0 aliphatic rings. The second kappa shape index (κ2) is 7.71. The Hall–Kier alpha value is -3.44. The van der Waals surface area contributed by atoms with Gasteiger partial charge in [0.15, 0.2) is 0 Å². The number of amides is 1. The van der Waals surface area contributed by atoms with E-state index < -0.39 is 12.1 Å². The summed E-state index contributed by atoms with van der Waals surface area (Å²) in [5.41, 5.74) is 9.95. The van der Waals surface area contributed by atoms with Crippen molar-refractivity contribution >= 4 is 29.1 Å². The van der Waals surface area contributed by atoms with Crippen molar-refractivity contribution < 1.29 is 23.9 Å². The van der Waals surface area contributed by atoms with Gasteiger partial charge in [-0.05, 0) is 24.3 Å². The lowest BCUT2D eigenvalue weighted by molar-refractivity contribution is -0.137. The first-order chi connectivity index (χ1) is 11.6. The molecular formula is C17H15N3O4. The maximum Gasteiger partial charge on any atom is 0.422 e. The van der Waals surface area contributed by atoms with E-state index in [0.717, 1.165) is 0 Å². The molecule has 24 heavy (non-hydrogen) atoms. The molecule has 122 valence electrons. The largest absolute Gasteiger partial charge is 0.460 e.